The topological polar surface area (TPSA) is 76.1 Å². The first-order valence-corrected chi connectivity index (χ1v) is 15.8. The zero-order chi connectivity index (χ0) is 27.8. The van der Waals surface area contributed by atoms with Crippen LogP contribution in [0.4, 0.5) is 4.79 Å². The first-order valence-electron chi connectivity index (χ1n) is 15.4. The average Bonchev–Trinajstić information content (AvgIpc) is 2.96. The smallest absolute Gasteiger partial charge is 0.320 e. The number of aliphatic hydroxyl groups is 1. The summed E-state index contributed by atoms with van der Waals surface area (Å²) in [7, 11) is 0. The van der Waals surface area contributed by atoms with Gasteiger partial charge in [-0.1, -0.05) is 43.0 Å². The number of hydrogen-bond acceptors (Lipinski definition) is 4. The van der Waals surface area contributed by atoms with Crippen molar-refractivity contribution in [2.75, 3.05) is 26.2 Å². The largest absolute Gasteiger partial charge is 0.393 e. The van der Waals surface area contributed by atoms with Crippen LogP contribution in [0, 0.1) is 0 Å². The summed E-state index contributed by atoms with van der Waals surface area (Å²) in [6.45, 7) is 6.93. The van der Waals surface area contributed by atoms with E-state index in [0.29, 0.717) is 30.6 Å². The number of aliphatic hydroxyl groups excluding tert-OH is 1. The molecular weight excluding hydrogens is 512 g/mol. The van der Waals surface area contributed by atoms with Crippen LogP contribution in [-0.4, -0.2) is 88.2 Å². The first-order chi connectivity index (χ1) is 18.9. The molecule has 0 aromatic heterocycles. The highest BCUT2D eigenvalue weighted by Gasteiger charge is 2.37. The Morgan fingerprint density at radius 2 is 1.51 bits per heavy atom. The fourth-order valence-electron chi connectivity index (χ4n) is 6.81. The van der Waals surface area contributed by atoms with Crippen LogP contribution in [-0.2, 0) is 11.2 Å². The maximum atomic E-state index is 13.9. The van der Waals surface area contributed by atoms with E-state index in [1.165, 1.54) is 19.3 Å². The van der Waals surface area contributed by atoms with Crippen LogP contribution < -0.4 is 5.32 Å². The monoisotopic (exact) mass is 560 g/mol. The van der Waals surface area contributed by atoms with Crippen LogP contribution in [0.2, 0.25) is 5.02 Å². The van der Waals surface area contributed by atoms with Crippen molar-refractivity contribution in [1.29, 1.82) is 0 Å². The summed E-state index contributed by atoms with van der Waals surface area (Å²) in [5.41, 5.74) is 1.09. The van der Waals surface area contributed by atoms with E-state index in [1.54, 1.807) is 0 Å². The van der Waals surface area contributed by atoms with Gasteiger partial charge in [0.05, 0.1) is 12.1 Å². The Labute approximate surface area is 240 Å². The van der Waals surface area contributed by atoms with E-state index in [1.807, 2.05) is 34.1 Å². The number of rotatable bonds is 9. The van der Waals surface area contributed by atoms with Crippen LogP contribution >= 0.6 is 11.6 Å². The number of piperidine rings is 1. The molecule has 1 aromatic rings. The molecule has 1 atom stereocenters. The van der Waals surface area contributed by atoms with Crippen LogP contribution in [0.3, 0.4) is 0 Å². The molecule has 3 fully saturated rings. The molecule has 4 rings (SSSR count). The lowest BCUT2D eigenvalue weighted by atomic mass is 9.90. The number of nitrogens with zero attached hydrogens (tertiary/aromatic N) is 3. The molecule has 2 saturated carbocycles. The third-order valence-corrected chi connectivity index (χ3v) is 9.43. The van der Waals surface area contributed by atoms with Crippen molar-refractivity contribution in [2.45, 2.75) is 121 Å². The van der Waals surface area contributed by atoms with E-state index < -0.39 is 0 Å². The molecule has 0 radical (unpaired) electrons. The van der Waals surface area contributed by atoms with Crippen LogP contribution in [0.5, 0.6) is 0 Å². The molecule has 1 saturated heterocycles. The lowest BCUT2D eigenvalue weighted by molar-refractivity contribution is -0.135. The standard InChI is InChI=1S/C31H49ClN4O3/c1-3-34(4-2)31(39)36(26-8-6-5-7-9-26)27-18-20-35(21-19-27)30(38)29(22-23-10-12-24(32)13-11-23)33-25-14-16-28(37)17-15-25/h10-13,25-29,33,37H,3-9,14-22H2,1-2H3/t25?,28?,29-/m0/s1. The molecule has 1 aromatic carbocycles. The summed E-state index contributed by atoms with van der Waals surface area (Å²) < 4.78 is 0. The van der Waals surface area contributed by atoms with Crippen molar-refractivity contribution >= 4 is 23.5 Å². The summed E-state index contributed by atoms with van der Waals surface area (Å²) >= 11 is 6.11. The number of hydrogen-bond donors (Lipinski definition) is 2. The van der Waals surface area contributed by atoms with E-state index >= 15 is 0 Å². The van der Waals surface area contributed by atoms with Gasteiger partial charge in [0.1, 0.15) is 0 Å². The Bertz CT molecular complexity index is 903. The van der Waals surface area contributed by atoms with Crippen LogP contribution in [0.25, 0.3) is 0 Å². The molecule has 3 aliphatic rings. The zero-order valence-corrected chi connectivity index (χ0v) is 24.7. The Morgan fingerprint density at radius 3 is 2.10 bits per heavy atom. The van der Waals surface area contributed by atoms with Gasteiger partial charge in [0.25, 0.3) is 0 Å². The maximum absolute atomic E-state index is 13.9. The Hall–Kier alpha value is -1.83. The minimum absolute atomic E-state index is 0.147. The van der Waals surface area contributed by atoms with Crippen LogP contribution in [0.1, 0.15) is 90.0 Å². The molecule has 7 nitrogen and oxygen atoms in total. The molecule has 218 valence electrons. The molecule has 0 bridgehead atoms. The third kappa shape index (κ3) is 8.11. The van der Waals surface area contributed by atoms with Gasteiger partial charge in [0, 0.05) is 49.3 Å². The van der Waals surface area contributed by atoms with Crippen molar-refractivity contribution in [3.05, 3.63) is 34.9 Å². The molecule has 2 aliphatic carbocycles. The molecule has 39 heavy (non-hydrogen) atoms. The van der Waals surface area contributed by atoms with Gasteiger partial charge in [-0.3, -0.25) is 4.79 Å². The summed E-state index contributed by atoms with van der Waals surface area (Å²) in [5.74, 6) is 0.147. The van der Waals surface area contributed by atoms with E-state index in [-0.39, 0.29) is 36.2 Å². The fraction of sp³-hybridized carbons (Fsp3) is 0.742. The lowest BCUT2D eigenvalue weighted by Gasteiger charge is -2.45. The van der Waals surface area contributed by atoms with E-state index in [9.17, 15) is 14.7 Å². The normalized spacial score (nSPS) is 23.8. The number of halogens is 1. The van der Waals surface area contributed by atoms with E-state index in [4.69, 9.17) is 11.6 Å². The highest BCUT2D eigenvalue weighted by atomic mass is 35.5. The minimum atomic E-state index is -0.310. The molecule has 8 heteroatoms. The Balaban J connectivity index is 1.43. The highest BCUT2D eigenvalue weighted by molar-refractivity contribution is 6.30. The molecule has 0 spiro atoms. The van der Waals surface area contributed by atoms with Gasteiger partial charge in [-0.25, -0.2) is 4.79 Å². The molecule has 3 amide bonds. The third-order valence-electron chi connectivity index (χ3n) is 9.18. The minimum Gasteiger partial charge on any atom is -0.393 e. The van der Waals surface area contributed by atoms with Gasteiger partial charge in [-0.15, -0.1) is 0 Å². The van der Waals surface area contributed by atoms with Crippen LogP contribution in [0.15, 0.2) is 24.3 Å². The summed E-state index contributed by atoms with van der Waals surface area (Å²) in [6.07, 6.45) is 11.2. The van der Waals surface area contributed by atoms with Gasteiger partial charge in [-0.2, -0.15) is 0 Å². The molecule has 0 unspecified atom stereocenters. The van der Waals surface area contributed by atoms with Gasteiger partial charge in [0.15, 0.2) is 0 Å². The van der Waals surface area contributed by atoms with Crippen molar-refractivity contribution < 1.29 is 14.7 Å². The van der Waals surface area contributed by atoms with Gasteiger partial charge in [-0.05, 0) is 89.3 Å². The highest BCUT2D eigenvalue weighted by Crippen LogP contribution is 2.29. The predicted molar refractivity (Wildman–Crippen MR) is 157 cm³/mol. The quantitative estimate of drug-likeness (QED) is 0.433. The zero-order valence-electron chi connectivity index (χ0n) is 24.0. The SMILES string of the molecule is CCN(CC)C(=O)N(C1CCCCC1)C1CCN(C(=O)[C@H](Cc2ccc(Cl)cc2)NC2CCC(O)CC2)CC1. The Morgan fingerprint density at radius 1 is 0.923 bits per heavy atom. The summed E-state index contributed by atoms with van der Waals surface area (Å²) in [6, 6.07) is 8.38. The van der Waals surface area contributed by atoms with Gasteiger partial charge in [0.2, 0.25) is 5.91 Å². The molecular formula is C31H49ClN4O3. The predicted octanol–water partition coefficient (Wildman–Crippen LogP) is 5.23. The first kappa shape index (κ1) is 30.1. The molecule has 1 heterocycles. The summed E-state index contributed by atoms with van der Waals surface area (Å²) in [4.78, 5) is 33.7. The number of likely N-dealkylation sites (tertiary alicyclic amines) is 1. The van der Waals surface area contributed by atoms with Crippen molar-refractivity contribution in [3.8, 4) is 0 Å². The maximum Gasteiger partial charge on any atom is 0.320 e. The van der Waals surface area contributed by atoms with E-state index in [2.05, 4.69) is 24.1 Å². The van der Waals surface area contributed by atoms with Crippen molar-refractivity contribution in [2.24, 2.45) is 0 Å². The molecule has 1 aliphatic heterocycles. The lowest BCUT2D eigenvalue weighted by Crippen LogP contribution is -2.58. The summed E-state index contributed by atoms with van der Waals surface area (Å²) in [5, 5.41) is 14.3. The second kappa shape index (κ2) is 14.7. The second-order valence-electron chi connectivity index (χ2n) is 11.8. The number of urea groups is 1. The second-order valence-corrected chi connectivity index (χ2v) is 12.2. The fourth-order valence-corrected chi connectivity index (χ4v) is 6.94. The molecule has 2 N–H and O–H groups in total. The average molecular weight is 561 g/mol. The number of carbonyl (C=O) groups is 2. The number of benzene rings is 1. The van der Waals surface area contributed by atoms with Gasteiger partial charge >= 0.3 is 6.03 Å². The van der Waals surface area contributed by atoms with Gasteiger partial charge < -0.3 is 25.1 Å². The number of amides is 3. The Kier molecular flexibility index (Phi) is 11.4. The number of carbonyl (C=O) groups excluding carboxylic acids is 2. The van der Waals surface area contributed by atoms with Crippen molar-refractivity contribution in [1.82, 2.24) is 20.0 Å². The number of nitrogens with one attached hydrogen (secondary N) is 1. The van der Waals surface area contributed by atoms with E-state index in [0.717, 1.165) is 70.0 Å². The van der Waals surface area contributed by atoms with Crippen molar-refractivity contribution in [3.63, 3.8) is 0 Å².